The number of hydrogen-bond donors (Lipinski definition) is 2. The van der Waals surface area contributed by atoms with Crippen LogP contribution in [0.5, 0.6) is 5.75 Å². The predicted molar refractivity (Wildman–Crippen MR) is 92.0 cm³/mol. The molecular formula is C17H25ClN2O3. The molecule has 0 fully saturated rings. The van der Waals surface area contributed by atoms with Gasteiger partial charge in [-0.3, -0.25) is 9.59 Å². The van der Waals surface area contributed by atoms with Crippen molar-refractivity contribution < 1.29 is 14.3 Å². The number of rotatable bonds is 9. The van der Waals surface area contributed by atoms with Crippen LogP contribution in [0.3, 0.4) is 0 Å². The van der Waals surface area contributed by atoms with Gasteiger partial charge in [0.15, 0.2) is 6.10 Å². The Balaban J connectivity index is 2.32. The molecule has 6 heteroatoms. The van der Waals surface area contributed by atoms with Crippen LogP contribution in [0.25, 0.3) is 0 Å². The highest BCUT2D eigenvalue weighted by Crippen LogP contribution is 2.19. The molecule has 0 aromatic heterocycles. The molecule has 1 unspecified atom stereocenters. The molecule has 0 heterocycles. The van der Waals surface area contributed by atoms with Crippen molar-refractivity contribution in [1.29, 1.82) is 0 Å². The van der Waals surface area contributed by atoms with Crippen LogP contribution in [-0.2, 0) is 9.59 Å². The van der Waals surface area contributed by atoms with Gasteiger partial charge in [0.05, 0.1) is 0 Å². The Morgan fingerprint density at radius 1 is 1.09 bits per heavy atom. The third-order valence-corrected chi connectivity index (χ3v) is 3.49. The van der Waals surface area contributed by atoms with Crippen LogP contribution < -0.4 is 15.4 Å². The van der Waals surface area contributed by atoms with E-state index >= 15 is 0 Å². The van der Waals surface area contributed by atoms with E-state index in [-0.39, 0.29) is 18.2 Å². The van der Waals surface area contributed by atoms with Crippen molar-refractivity contribution >= 4 is 23.4 Å². The van der Waals surface area contributed by atoms with Crippen LogP contribution in [0, 0.1) is 0 Å². The predicted octanol–water partition coefficient (Wildman–Crippen LogP) is 2.44. The van der Waals surface area contributed by atoms with Crippen LogP contribution in [0.1, 0.15) is 38.7 Å². The van der Waals surface area contributed by atoms with Gasteiger partial charge in [-0.2, -0.15) is 0 Å². The lowest BCUT2D eigenvalue weighted by Crippen LogP contribution is -2.40. The number of carbonyl (C=O) groups is 2. The van der Waals surface area contributed by atoms with Gasteiger partial charge in [-0.1, -0.05) is 26.0 Å². The zero-order chi connectivity index (χ0) is 17.2. The van der Waals surface area contributed by atoms with E-state index in [0.29, 0.717) is 30.6 Å². The van der Waals surface area contributed by atoms with Crippen molar-refractivity contribution in [1.82, 2.24) is 10.6 Å². The Labute approximate surface area is 142 Å². The largest absolute Gasteiger partial charge is 0.481 e. The molecule has 1 rings (SSSR count). The van der Waals surface area contributed by atoms with Crippen molar-refractivity contribution in [2.45, 2.75) is 39.2 Å². The second-order valence-corrected chi connectivity index (χ2v) is 5.94. The maximum absolute atomic E-state index is 11.9. The minimum absolute atomic E-state index is 0.121. The van der Waals surface area contributed by atoms with Gasteiger partial charge in [-0.25, -0.2) is 0 Å². The average molecular weight is 341 g/mol. The summed E-state index contributed by atoms with van der Waals surface area (Å²) >= 11 is 5.46. The Bertz CT molecular complexity index is 503. The van der Waals surface area contributed by atoms with Crippen LogP contribution in [0.2, 0.25) is 0 Å². The summed E-state index contributed by atoms with van der Waals surface area (Å²) in [6.45, 7) is 6.66. The minimum atomic E-state index is -0.599. The van der Waals surface area contributed by atoms with Crippen molar-refractivity contribution in [2.75, 3.05) is 19.0 Å². The minimum Gasteiger partial charge on any atom is -0.481 e. The molecule has 0 spiro atoms. The van der Waals surface area contributed by atoms with Crippen molar-refractivity contribution in [3.05, 3.63) is 29.8 Å². The summed E-state index contributed by atoms with van der Waals surface area (Å²) in [5.41, 5.74) is 1.22. The highest BCUT2D eigenvalue weighted by Gasteiger charge is 2.14. The van der Waals surface area contributed by atoms with Crippen molar-refractivity contribution in [2.24, 2.45) is 0 Å². The van der Waals surface area contributed by atoms with Gasteiger partial charge in [0.1, 0.15) is 5.75 Å². The molecular weight excluding hydrogens is 316 g/mol. The van der Waals surface area contributed by atoms with E-state index in [2.05, 4.69) is 24.5 Å². The Morgan fingerprint density at radius 3 is 2.26 bits per heavy atom. The van der Waals surface area contributed by atoms with E-state index in [1.54, 1.807) is 6.92 Å². The Hall–Kier alpha value is -1.75. The lowest BCUT2D eigenvalue weighted by atomic mass is 10.0. The Kier molecular flexibility index (Phi) is 8.48. The van der Waals surface area contributed by atoms with Crippen molar-refractivity contribution in [3.63, 3.8) is 0 Å². The second kappa shape index (κ2) is 10.1. The molecule has 128 valence electrons. The van der Waals surface area contributed by atoms with E-state index in [9.17, 15) is 9.59 Å². The number of hydrogen-bond acceptors (Lipinski definition) is 3. The first kappa shape index (κ1) is 19.3. The molecule has 0 aliphatic heterocycles. The van der Waals surface area contributed by atoms with Gasteiger partial charge < -0.3 is 15.4 Å². The molecule has 0 aliphatic rings. The van der Waals surface area contributed by atoms with E-state index in [1.165, 1.54) is 5.56 Å². The van der Waals surface area contributed by atoms with E-state index in [0.717, 1.165) is 0 Å². The van der Waals surface area contributed by atoms with Gasteiger partial charge in [0.2, 0.25) is 5.91 Å². The lowest BCUT2D eigenvalue weighted by molar-refractivity contribution is -0.127. The standard InChI is InChI=1S/C17H25ClN2O3/c1-12(2)14-4-6-15(7-5-14)23-13(3)17(22)20-11-10-19-16(21)8-9-18/h4-7,12-13H,8-11H2,1-3H3,(H,19,21)(H,20,22). The summed E-state index contributed by atoms with van der Waals surface area (Å²) in [6.07, 6.45) is -0.320. The van der Waals surface area contributed by atoms with Crippen LogP contribution in [-0.4, -0.2) is 36.9 Å². The molecule has 1 aromatic carbocycles. The Morgan fingerprint density at radius 2 is 1.70 bits per heavy atom. The molecule has 0 saturated carbocycles. The summed E-state index contributed by atoms with van der Waals surface area (Å²) in [5.74, 6) is 1.07. The second-order valence-electron chi connectivity index (χ2n) is 5.56. The fraction of sp³-hybridized carbons (Fsp3) is 0.529. The van der Waals surface area contributed by atoms with Crippen LogP contribution in [0.4, 0.5) is 0 Å². The number of halogens is 1. The van der Waals surface area contributed by atoms with Gasteiger partial charge in [-0.05, 0) is 30.5 Å². The summed E-state index contributed by atoms with van der Waals surface area (Å²) in [5, 5.41) is 5.38. The summed E-state index contributed by atoms with van der Waals surface area (Å²) < 4.78 is 5.61. The third-order valence-electron chi connectivity index (χ3n) is 3.30. The van der Waals surface area contributed by atoms with Gasteiger partial charge in [0.25, 0.3) is 5.91 Å². The molecule has 2 amide bonds. The van der Waals surface area contributed by atoms with Gasteiger partial charge in [-0.15, -0.1) is 11.6 Å². The highest BCUT2D eigenvalue weighted by molar-refractivity contribution is 6.18. The smallest absolute Gasteiger partial charge is 0.260 e. The summed E-state index contributed by atoms with van der Waals surface area (Å²) in [4.78, 5) is 23.1. The summed E-state index contributed by atoms with van der Waals surface area (Å²) in [7, 11) is 0. The topological polar surface area (TPSA) is 67.4 Å². The molecule has 5 nitrogen and oxygen atoms in total. The first-order chi connectivity index (χ1) is 10.9. The highest BCUT2D eigenvalue weighted by atomic mass is 35.5. The number of carbonyl (C=O) groups excluding carboxylic acids is 2. The number of nitrogens with one attached hydrogen (secondary N) is 2. The van der Waals surface area contributed by atoms with Crippen LogP contribution in [0.15, 0.2) is 24.3 Å². The molecule has 23 heavy (non-hydrogen) atoms. The third kappa shape index (κ3) is 7.37. The SMILES string of the molecule is CC(Oc1ccc(C(C)C)cc1)C(=O)NCCNC(=O)CCCl. The van der Waals surface area contributed by atoms with Crippen molar-refractivity contribution in [3.8, 4) is 5.75 Å². The van der Waals surface area contributed by atoms with Crippen LogP contribution >= 0.6 is 11.6 Å². The maximum atomic E-state index is 11.9. The number of amides is 2. The molecule has 0 bridgehead atoms. The van der Waals surface area contributed by atoms with Gasteiger partial charge >= 0.3 is 0 Å². The normalized spacial score (nSPS) is 11.9. The molecule has 1 atom stereocenters. The maximum Gasteiger partial charge on any atom is 0.260 e. The summed E-state index contributed by atoms with van der Waals surface area (Å²) in [6, 6.07) is 7.73. The molecule has 1 aromatic rings. The lowest BCUT2D eigenvalue weighted by Gasteiger charge is -2.15. The molecule has 0 saturated heterocycles. The fourth-order valence-electron chi connectivity index (χ4n) is 1.89. The first-order valence-corrected chi connectivity index (χ1v) is 8.34. The number of benzene rings is 1. The quantitative estimate of drug-likeness (QED) is 0.536. The molecule has 0 aliphatic carbocycles. The monoisotopic (exact) mass is 340 g/mol. The fourth-order valence-corrected chi connectivity index (χ4v) is 2.07. The van der Waals surface area contributed by atoms with Gasteiger partial charge in [0, 0.05) is 25.4 Å². The van der Waals surface area contributed by atoms with E-state index < -0.39 is 6.10 Å². The van der Waals surface area contributed by atoms with E-state index in [1.807, 2.05) is 24.3 Å². The number of alkyl halides is 1. The zero-order valence-electron chi connectivity index (χ0n) is 13.9. The average Bonchev–Trinajstić information content (AvgIpc) is 2.52. The zero-order valence-corrected chi connectivity index (χ0v) is 14.7. The number of ether oxygens (including phenoxy) is 1. The molecule has 2 N–H and O–H groups in total. The molecule has 0 radical (unpaired) electrons. The first-order valence-electron chi connectivity index (χ1n) is 7.81. The van der Waals surface area contributed by atoms with E-state index in [4.69, 9.17) is 16.3 Å².